The van der Waals surface area contributed by atoms with Crippen molar-refractivity contribution in [1.82, 2.24) is 4.57 Å². The van der Waals surface area contributed by atoms with Crippen molar-refractivity contribution in [2.75, 3.05) is 18.0 Å². The molecule has 3 aromatic carbocycles. The largest absolute Gasteiger partial charge is 0.372 e. The number of fused-ring (bicyclic) bond motifs is 3. The number of hydrogen-bond acceptors (Lipinski definition) is 4. The average Bonchev–Trinajstić information content (AvgIpc) is 3.58. The Morgan fingerprint density at radius 2 is 1.73 bits per heavy atom. The Bertz CT molecular complexity index is 1720. The highest BCUT2D eigenvalue weighted by Crippen LogP contribution is 2.41. The van der Waals surface area contributed by atoms with Gasteiger partial charge in [0, 0.05) is 24.3 Å². The molecule has 0 spiro atoms. The molecule has 0 bridgehead atoms. The molecule has 0 radical (unpaired) electrons. The first-order valence-corrected chi connectivity index (χ1v) is 14.0. The maximum atomic E-state index is 14.0. The normalized spacial score (nSPS) is 18.9. The van der Waals surface area contributed by atoms with Crippen molar-refractivity contribution in [3.63, 3.8) is 0 Å². The van der Waals surface area contributed by atoms with E-state index in [1.807, 2.05) is 10.6 Å². The molecule has 0 saturated carbocycles. The smallest absolute Gasteiger partial charge is 0.271 e. The van der Waals surface area contributed by atoms with Gasteiger partial charge in [-0.25, -0.2) is 4.99 Å². The van der Waals surface area contributed by atoms with Crippen LogP contribution in [0.4, 0.5) is 5.69 Å². The van der Waals surface area contributed by atoms with Crippen molar-refractivity contribution in [2.45, 2.75) is 38.6 Å². The van der Waals surface area contributed by atoms with Gasteiger partial charge in [0.05, 0.1) is 16.3 Å². The molecule has 3 aliphatic rings. The van der Waals surface area contributed by atoms with E-state index in [0.29, 0.717) is 0 Å². The molecule has 1 saturated heterocycles. The molecule has 7 rings (SSSR count). The van der Waals surface area contributed by atoms with Crippen LogP contribution in [0, 0.1) is 6.92 Å². The highest BCUT2D eigenvalue weighted by molar-refractivity contribution is 7.07. The third-order valence-electron chi connectivity index (χ3n) is 8.00. The minimum atomic E-state index is -0.124. The van der Waals surface area contributed by atoms with Gasteiger partial charge in [-0.15, -0.1) is 0 Å². The molecule has 0 unspecified atom stereocenters. The fourth-order valence-electron chi connectivity index (χ4n) is 6.09. The Kier molecular flexibility index (Phi) is 5.47. The molecule has 4 aromatic rings. The van der Waals surface area contributed by atoms with E-state index in [-0.39, 0.29) is 11.6 Å². The number of allylic oxidation sites excluding steroid dienone is 1. The van der Waals surface area contributed by atoms with Crippen LogP contribution in [-0.4, -0.2) is 17.7 Å². The van der Waals surface area contributed by atoms with Gasteiger partial charge in [0.1, 0.15) is 0 Å². The first-order chi connectivity index (χ1) is 18.2. The molecule has 1 aliphatic carbocycles. The number of nitrogens with zero attached hydrogens (tertiary/aromatic N) is 3. The van der Waals surface area contributed by atoms with E-state index in [1.54, 1.807) is 0 Å². The van der Waals surface area contributed by atoms with Crippen molar-refractivity contribution in [3.8, 4) is 0 Å². The third kappa shape index (κ3) is 3.80. The average molecular weight is 504 g/mol. The van der Waals surface area contributed by atoms with E-state index in [9.17, 15) is 4.79 Å². The molecule has 184 valence electrons. The minimum absolute atomic E-state index is 0.0473. The van der Waals surface area contributed by atoms with Crippen LogP contribution in [0.25, 0.3) is 11.8 Å². The van der Waals surface area contributed by atoms with Crippen molar-refractivity contribution in [1.29, 1.82) is 0 Å². The number of anilines is 1. The second kappa shape index (κ2) is 9.00. The van der Waals surface area contributed by atoms with Crippen LogP contribution in [0.3, 0.4) is 0 Å². The van der Waals surface area contributed by atoms with E-state index in [4.69, 9.17) is 4.99 Å². The Hall–Kier alpha value is -3.70. The molecule has 0 N–H and O–H groups in total. The fourth-order valence-corrected chi connectivity index (χ4v) is 7.08. The summed E-state index contributed by atoms with van der Waals surface area (Å²) >= 11 is 1.51. The summed E-state index contributed by atoms with van der Waals surface area (Å²) in [5.74, 6) is 0. The van der Waals surface area contributed by atoms with Gasteiger partial charge in [-0.1, -0.05) is 72.0 Å². The number of aromatic nitrogens is 1. The van der Waals surface area contributed by atoms with Gasteiger partial charge in [0.15, 0.2) is 4.80 Å². The van der Waals surface area contributed by atoms with Crippen LogP contribution in [0.15, 0.2) is 88.2 Å². The second-order valence-electron chi connectivity index (χ2n) is 10.3. The van der Waals surface area contributed by atoms with Crippen molar-refractivity contribution >= 4 is 28.8 Å². The molecule has 2 aliphatic heterocycles. The molecule has 5 heteroatoms. The Balaban J connectivity index is 1.40. The summed E-state index contributed by atoms with van der Waals surface area (Å²) in [6, 6.07) is 25.5. The molecule has 4 nitrogen and oxygen atoms in total. The van der Waals surface area contributed by atoms with Gasteiger partial charge in [-0.05, 0) is 78.6 Å². The molecule has 3 heterocycles. The maximum absolute atomic E-state index is 14.0. The lowest BCUT2D eigenvalue weighted by atomic mass is 9.83. The van der Waals surface area contributed by atoms with E-state index in [0.717, 1.165) is 52.1 Å². The summed E-state index contributed by atoms with van der Waals surface area (Å²) in [6.45, 7) is 4.40. The van der Waals surface area contributed by atoms with Crippen LogP contribution in [0.1, 0.15) is 53.1 Å². The maximum Gasteiger partial charge on any atom is 0.271 e. The molecular weight excluding hydrogens is 474 g/mol. The topological polar surface area (TPSA) is 37.6 Å². The SMILES string of the molecule is Cc1cc(N2CCCC2)ccc1/C=c1\sc2n(c1=O)[C@H](c1ccccc1)C1=C(N=2)c2ccccc2CC1. The van der Waals surface area contributed by atoms with E-state index in [2.05, 4.69) is 84.6 Å². The summed E-state index contributed by atoms with van der Waals surface area (Å²) in [6.07, 6.45) is 6.47. The third-order valence-corrected chi connectivity index (χ3v) is 8.98. The monoisotopic (exact) mass is 503 g/mol. The highest BCUT2D eigenvalue weighted by atomic mass is 32.1. The molecule has 0 amide bonds. The van der Waals surface area contributed by atoms with Gasteiger partial charge in [-0.3, -0.25) is 9.36 Å². The lowest BCUT2D eigenvalue weighted by Gasteiger charge is -2.30. The Morgan fingerprint density at radius 1 is 0.946 bits per heavy atom. The second-order valence-corrected chi connectivity index (χ2v) is 11.3. The van der Waals surface area contributed by atoms with Crippen LogP contribution >= 0.6 is 11.3 Å². The number of aryl methyl sites for hydroxylation is 2. The lowest BCUT2D eigenvalue weighted by Crippen LogP contribution is -2.38. The summed E-state index contributed by atoms with van der Waals surface area (Å²) in [5.41, 5.74) is 9.60. The van der Waals surface area contributed by atoms with Gasteiger partial charge in [0.25, 0.3) is 5.56 Å². The van der Waals surface area contributed by atoms with Gasteiger partial charge >= 0.3 is 0 Å². The molecular formula is C32H29N3OS. The molecule has 1 atom stereocenters. The number of rotatable bonds is 3. The zero-order chi connectivity index (χ0) is 24.9. The Morgan fingerprint density at radius 3 is 2.54 bits per heavy atom. The first-order valence-electron chi connectivity index (χ1n) is 13.2. The summed E-state index contributed by atoms with van der Waals surface area (Å²) in [5, 5.41) is 0. The number of benzene rings is 3. The van der Waals surface area contributed by atoms with Crippen LogP contribution in [0.5, 0.6) is 0 Å². The van der Waals surface area contributed by atoms with Crippen LogP contribution in [-0.2, 0) is 6.42 Å². The van der Waals surface area contributed by atoms with Gasteiger partial charge in [-0.2, -0.15) is 0 Å². The summed E-state index contributed by atoms with van der Waals surface area (Å²) < 4.78 is 2.68. The highest BCUT2D eigenvalue weighted by Gasteiger charge is 2.32. The van der Waals surface area contributed by atoms with Crippen molar-refractivity contribution in [2.24, 2.45) is 4.99 Å². The van der Waals surface area contributed by atoms with Crippen molar-refractivity contribution < 1.29 is 0 Å². The first kappa shape index (κ1) is 22.5. The number of thiazole rings is 1. The molecule has 37 heavy (non-hydrogen) atoms. The van der Waals surface area contributed by atoms with Gasteiger partial charge in [0.2, 0.25) is 0 Å². The van der Waals surface area contributed by atoms with Crippen LogP contribution in [0.2, 0.25) is 0 Å². The minimum Gasteiger partial charge on any atom is -0.372 e. The molecule has 1 aromatic heterocycles. The van der Waals surface area contributed by atoms with Crippen LogP contribution < -0.4 is 19.8 Å². The summed E-state index contributed by atoms with van der Waals surface area (Å²) in [7, 11) is 0. The predicted octanol–water partition coefficient (Wildman–Crippen LogP) is 5.23. The Labute approximate surface area is 220 Å². The lowest BCUT2D eigenvalue weighted by molar-refractivity contribution is 0.585. The van der Waals surface area contributed by atoms with E-state index >= 15 is 0 Å². The number of hydrogen-bond donors (Lipinski definition) is 0. The van der Waals surface area contributed by atoms with Gasteiger partial charge < -0.3 is 4.90 Å². The van der Waals surface area contributed by atoms with E-state index in [1.165, 1.54) is 52.1 Å². The summed E-state index contributed by atoms with van der Waals surface area (Å²) in [4.78, 5) is 22.3. The predicted molar refractivity (Wildman–Crippen MR) is 152 cm³/mol. The zero-order valence-electron chi connectivity index (χ0n) is 21.0. The molecule has 1 fully saturated rings. The van der Waals surface area contributed by atoms with Crippen molar-refractivity contribution in [3.05, 3.63) is 126 Å². The standard InChI is InChI=1S/C32H29N3OS/c1-21-19-25(34-17-7-8-18-34)15-13-24(21)20-28-31(36)35-30(23-10-3-2-4-11-23)27-16-14-22-9-5-6-12-26(22)29(27)33-32(35)37-28/h2-6,9-13,15,19-20,30H,7-8,14,16-18H2,1H3/b28-20-/t30-/m1/s1. The zero-order valence-corrected chi connectivity index (χ0v) is 21.8. The fraction of sp³-hybridized carbons (Fsp3) is 0.250. The van der Waals surface area contributed by atoms with E-state index < -0.39 is 0 Å². The quantitative estimate of drug-likeness (QED) is 0.384.